The molecule has 0 heterocycles. The molecule has 0 unspecified atom stereocenters. The summed E-state index contributed by atoms with van der Waals surface area (Å²) in [6.07, 6.45) is 2.84. The third-order valence-electron chi connectivity index (χ3n) is 3.63. The van der Waals surface area contributed by atoms with Crippen LogP contribution in [0.1, 0.15) is 5.56 Å². The molecule has 140 valence electrons. The van der Waals surface area contributed by atoms with Crippen LogP contribution < -0.4 is 10.1 Å². The molecule has 0 aliphatic rings. The Hall–Kier alpha value is -3.68. The van der Waals surface area contributed by atoms with Gasteiger partial charge in [-0.1, -0.05) is 6.07 Å². The monoisotopic (exact) mass is 369 g/mol. The zero-order chi connectivity index (χ0) is 19.8. The Bertz CT molecular complexity index is 862. The highest BCUT2D eigenvalue weighted by molar-refractivity contribution is 5.98. The van der Waals surface area contributed by atoms with Crippen molar-refractivity contribution >= 4 is 29.3 Å². The lowest BCUT2D eigenvalue weighted by atomic mass is 10.2. The van der Waals surface area contributed by atoms with Gasteiger partial charge in [0.05, 0.1) is 18.6 Å². The van der Waals surface area contributed by atoms with Gasteiger partial charge >= 0.3 is 0 Å². The number of hydrogen-bond donors (Lipinski definition) is 1. The number of methoxy groups -OCH3 is 1. The fourth-order valence-electron chi connectivity index (χ4n) is 2.20. The first-order chi connectivity index (χ1) is 12.9. The highest BCUT2D eigenvalue weighted by Crippen LogP contribution is 2.16. The van der Waals surface area contributed by atoms with Gasteiger partial charge in [0.1, 0.15) is 5.75 Å². The molecule has 0 bridgehead atoms. The first-order valence-corrected chi connectivity index (χ1v) is 8.00. The first kappa shape index (κ1) is 19.6. The van der Waals surface area contributed by atoms with Crippen LogP contribution in [0.3, 0.4) is 0 Å². The molecule has 8 nitrogen and oxygen atoms in total. The molecule has 27 heavy (non-hydrogen) atoms. The summed E-state index contributed by atoms with van der Waals surface area (Å²) in [5, 5.41) is 13.3. The lowest BCUT2D eigenvalue weighted by Crippen LogP contribution is -2.33. The third kappa shape index (κ3) is 5.96. The molecule has 2 aromatic rings. The number of carbonyl (C=O) groups is 2. The lowest BCUT2D eigenvalue weighted by Gasteiger charge is -2.15. The van der Waals surface area contributed by atoms with E-state index in [4.69, 9.17) is 4.74 Å². The van der Waals surface area contributed by atoms with Gasteiger partial charge in [-0.15, -0.1) is 0 Å². The number of amides is 2. The van der Waals surface area contributed by atoms with Crippen LogP contribution in [-0.2, 0) is 9.59 Å². The summed E-state index contributed by atoms with van der Waals surface area (Å²) < 4.78 is 5.09. The quantitative estimate of drug-likeness (QED) is 0.459. The summed E-state index contributed by atoms with van der Waals surface area (Å²) in [6.45, 7) is -0.124. The number of benzene rings is 2. The summed E-state index contributed by atoms with van der Waals surface area (Å²) in [4.78, 5) is 35.6. The largest absolute Gasteiger partial charge is 0.497 e. The minimum Gasteiger partial charge on any atom is -0.497 e. The van der Waals surface area contributed by atoms with Gasteiger partial charge in [-0.3, -0.25) is 19.7 Å². The van der Waals surface area contributed by atoms with Crippen LogP contribution in [0.2, 0.25) is 0 Å². The predicted molar refractivity (Wildman–Crippen MR) is 101 cm³/mol. The average Bonchev–Trinajstić information content (AvgIpc) is 2.66. The Morgan fingerprint density at radius 3 is 2.56 bits per heavy atom. The maximum Gasteiger partial charge on any atom is 0.269 e. The van der Waals surface area contributed by atoms with Gasteiger partial charge in [-0.25, -0.2) is 0 Å². The molecule has 2 amide bonds. The van der Waals surface area contributed by atoms with Gasteiger partial charge in [0.25, 0.3) is 5.69 Å². The number of carbonyl (C=O) groups excluding carboxylic acids is 2. The molecule has 0 spiro atoms. The lowest BCUT2D eigenvalue weighted by molar-refractivity contribution is -0.384. The molecule has 0 aromatic heterocycles. The van der Waals surface area contributed by atoms with Crippen LogP contribution in [0.15, 0.2) is 54.6 Å². The summed E-state index contributed by atoms with van der Waals surface area (Å²) in [6, 6.07) is 12.7. The number of non-ortho nitro benzene ring substituents is 1. The summed E-state index contributed by atoms with van der Waals surface area (Å²) >= 11 is 0. The molecular formula is C19H19N3O5. The van der Waals surface area contributed by atoms with Crippen molar-refractivity contribution < 1.29 is 19.2 Å². The van der Waals surface area contributed by atoms with E-state index in [-0.39, 0.29) is 24.0 Å². The van der Waals surface area contributed by atoms with E-state index in [1.807, 2.05) is 0 Å². The molecule has 2 aromatic carbocycles. The summed E-state index contributed by atoms with van der Waals surface area (Å²) in [7, 11) is 3.04. The first-order valence-electron chi connectivity index (χ1n) is 8.00. The van der Waals surface area contributed by atoms with Crippen LogP contribution in [0.4, 0.5) is 11.4 Å². The van der Waals surface area contributed by atoms with Crippen molar-refractivity contribution in [1.82, 2.24) is 4.90 Å². The summed E-state index contributed by atoms with van der Waals surface area (Å²) in [5.74, 6) is -0.0970. The maximum atomic E-state index is 12.1. The Morgan fingerprint density at radius 2 is 1.93 bits per heavy atom. The standard InChI is InChI=1S/C19H19N3O5/c1-21(13-18(23)20-15-4-3-5-17(12-15)27-2)19(24)11-8-14-6-9-16(10-7-14)22(25)26/h3-12H,13H2,1-2H3,(H,20,23)/b11-8+. The molecular weight excluding hydrogens is 350 g/mol. The van der Waals surface area contributed by atoms with Gasteiger partial charge in [0, 0.05) is 37.0 Å². The number of anilines is 1. The number of nitrogens with zero attached hydrogens (tertiary/aromatic N) is 2. The van der Waals surface area contributed by atoms with Crippen LogP contribution >= 0.6 is 0 Å². The fraction of sp³-hybridized carbons (Fsp3) is 0.158. The second-order valence-corrected chi connectivity index (χ2v) is 5.66. The highest BCUT2D eigenvalue weighted by Gasteiger charge is 2.11. The van der Waals surface area contributed by atoms with E-state index in [0.717, 1.165) is 0 Å². The molecule has 0 saturated carbocycles. The van der Waals surface area contributed by atoms with Crippen LogP contribution in [0.25, 0.3) is 6.08 Å². The predicted octanol–water partition coefficient (Wildman–Crippen LogP) is 2.71. The van der Waals surface area contributed by atoms with E-state index in [2.05, 4.69) is 5.32 Å². The van der Waals surface area contributed by atoms with Crippen LogP contribution in [0.5, 0.6) is 5.75 Å². The Kier molecular flexibility index (Phi) is 6.65. The van der Waals surface area contributed by atoms with Crippen molar-refractivity contribution in [3.63, 3.8) is 0 Å². The van der Waals surface area contributed by atoms with Gasteiger partial charge in [0.15, 0.2) is 0 Å². The number of nitro groups is 1. The smallest absolute Gasteiger partial charge is 0.269 e. The Labute approximate surface area is 156 Å². The second kappa shape index (κ2) is 9.14. The third-order valence-corrected chi connectivity index (χ3v) is 3.63. The summed E-state index contributed by atoms with van der Waals surface area (Å²) in [5.41, 5.74) is 1.19. The van der Waals surface area contributed by atoms with E-state index in [1.54, 1.807) is 24.3 Å². The fourth-order valence-corrected chi connectivity index (χ4v) is 2.20. The van der Waals surface area contributed by atoms with Gasteiger partial charge < -0.3 is 15.0 Å². The molecule has 8 heteroatoms. The van der Waals surface area contributed by atoms with E-state index in [9.17, 15) is 19.7 Å². The topological polar surface area (TPSA) is 102 Å². The SMILES string of the molecule is COc1cccc(NC(=O)CN(C)C(=O)/C=C/c2ccc([N+](=O)[O-])cc2)c1. The number of hydrogen-bond acceptors (Lipinski definition) is 5. The maximum absolute atomic E-state index is 12.1. The minimum absolute atomic E-state index is 0.0233. The number of likely N-dealkylation sites (N-methyl/N-ethyl adjacent to an activating group) is 1. The van der Waals surface area contributed by atoms with Gasteiger partial charge in [-0.2, -0.15) is 0 Å². The minimum atomic E-state index is -0.493. The molecule has 0 fully saturated rings. The van der Waals surface area contributed by atoms with Crippen molar-refractivity contribution in [3.8, 4) is 5.75 Å². The number of ether oxygens (including phenoxy) is 1. The molecule has 0 aliphatic heterocycles. The molecule has 0 atom stereocenters. The molecule has 2 rings (SSSR count). The van der Waals surface area contributed by atoms with Crippen LogP contribution in [-0.4, -0.2) is 42.3 Å². The van der Waals surface area contributed by atoms with Crippen molar-refractivity contribution in [3.05, 3.63) is 70.3 Å². The Balaban J connectivity index is 1.90. The zero-order valence-corrected chi connectivity index (χ0v) is 14.9. The van der Waals surface area contributed by atoms with E-state index in [1.165, 1.54) is 55.5 Å². The molecule has 0 saturated heterocycles. The second-order valence-electron chi connectivity index (χ2n) is 5.66. The number of nitro benzene ring substituents is 1. The van der Waals surface area contributed by atoms with E-state index < -0.39 is 4.92 Å². The van der Waals surface area contributed by atoms with E-state index in [0.29, 0.717) is 17.0 Å². The molecule has 0 radical (unpaired) electrons. The van der Waals surface area contributed by atoms with Crippen molar-refractivity contribution in [2.75, 3.05) is 26.0 Å². The average molecular weight is 369 g/mol. The normalized spacial score (nSPS) is 10.4. The van der Waals surface area contributed by atoms with Gasteiger partial charge in [-0.05, 0) is 35.9 Å². The number of nitrogens with one attached hydrogen (secondary N) is 1. The van der Waals surface area contributed by atoms with Gasteiger partial charge in [0.2, 0.25) is 11.8 Å². The van der Waals surface area contributed by atoms with Crippen molar-refractivity contribution in [2.24, 2.45) is 0 Å². The highest BCUT2D eigenvalue weighted by atomic mass is 16.6. The van der Waals surface area contributed by atoms with Crippen LogP contribution in [0, 0.1) is 10.1 Å². The molecule has 1 N–H and O–H groups in total. The number of rotatable bonds is 7. The molecule has 0 aliphatic carbocycles. The van der Waals surface area contributed by atoms with Crippen molar-refractivity contribution in [1.29, 1.82) is 0 Å². The zero-order valence-electron chi connectivity index (χ0n) is 14.9. The van der Waals surface area contributed by atoms with Crippen molar-refractivity contribution in [2.45, 2.75) is 0 Å². The Morgan fingerprint density at radius 1 is 1.22 bits per heavy atom. The van der Waals surface area contributed by atoms with E-state index >= 15 is 0 Å².